The Kier molecular flexibility index (Phi) is 4.44. The van der Waals surface area contributed by atoms with Gasteiger partial charge in [-0.25, -0.2) is 0 Å². The fraction of sp³-hybridized carbons (Fsp3) is 0.714. The van der Waals surface area contributed by atoms with Crippen LogP contribution in [0.5, 0.6) is 0 Å². The minimum absolute atomic E-state index is 0.174. The van der Waals surface area contributed by atoms with Crippen LogP contribution in [0, 0.1) is 0 Å². The number of carbonyl (C=O) groups is 2. The zero-order chi connectivity index (χ0) is 15.7. The largest absolute Gasteiger partial charge is 0.350 e. The van der Waals surface area contributed by atoms with Crippen LogP contribution < -0.4 is 16.4 Å². The molecule has 22 heavy (non-hydrogen) atoms. The van der Waals surface area contributed by atoms with Gasteiger partial charge in [0.15, 0.2) is 6.35 Å². The first-order valence-electron chi connectivity index (χ1n) is 7.66. The second kappa shape index (κ2) is 6.33. The van der Waals surface area contributed by atoms with Crippen LogP contribution in [0.1, 0.15) is 19.3 Å². The predicted molar refractivity (Wildman–Crippen MR) is 79.1 cm³/mol. The zero-order valence-corrected chi connectivity index (χ0v) is 12.6. The minimum Gasteiger partial charge on any atom is -0.350 e. The molecule has 0 spiro atoms. The summed E-state index contributed by atoms with van der Waals surface area (Å²) < 4.78 is 5.91. The summed E-state index contributed by atoms with van der Waals surface area (Å²) in [5.74, 6) is -0.466. The predicted octanol–water partition coefficient (Wildman–Crippen LogP) is -1.50. The van der Waals surface area contributed by atoms with E-state index in [4.69, 9.17) is 10.5 Å². The van der Waals surface area contributed by atoms with Crippen LogP contribution in [0.25, 0.3) is 0 Å². The quantitative estimate of drug-likeness (QED) is 0.534. The molecular weight excluding hydrogens is 286 g/mol. The van der Waals surface area contributed by atoms with Crippen LogP contribution in [-0.2, 0) is 14.3 Å². The minimum atomic E-state index is -0.351. The van der Waals surface area contributed by atoms with Crippen molar-refractivity contribution in [2.45, 2.75) is 37.7 Å². The summed E-state index contributed by atoms with van der Waals surface area (Å²) in [4.78, 5) is 27.3. The van der Waals surface area contributed by atoms with Crippen molar-refractivity contribution in [1.29, 1.82) is 0 Å². The van der Waals surface area contributed by atoms with Gasteiger partial charge in [-0.1, -0.05) is 6.58 Å². The summed E-state index contributed by atoms with van der Waals surface area (Å²) in [6.45, 7) is 6.50. The van der Waals surface area contributed by atoms with E-state index in [1.165, 1.54) is 0 Å². The van der Waals surface area contributed by atoms with Gasteiger partial charge in [-0.2, -0.15) is 0 Å². The van der Waals surface area contributed by atoms with E-state index in [0.717, 1.165) is 25.2 Å². The van der Waals surface area contributed by atoms with Crippen molar-refractivity contribution in [3.63, 3.8) is 0 Å². The molecule has 0 aliphatic carbocycles. The smallest absolute Gasteiger partial charge is 0.243 e. The Hall–Kier alpha value is -1.48. The van der Waals surface area contributed by atoms with Crippen LogP contribution in [0.4, 0.5) is 0 Å². The Morgan fingerprint density at radius 2 is 2.09 bits per heavy atom. The van der Waals surface area contributed by atoms with Gasteiger partial charge in [0.1, 0.15) is 6.73 Å². The van der Waals surface area contributed by atoms with E-state index in [-0.39, 0.29) is 30.2 Å². The molecule has 0 saturated carbocycles. The third-order valence-electron chi connectivity index (χ3n) is 4.36. The lowest BCUT2D eigenvalue weighted by atomic mass is 10.0. The first kappa shape index (κ1) is 15.4. The van der Waals surface area contributed by atoms with Gasteiger partial charge in [0, 0.05) is 37.8 Å². The molecule has 122 valence electrons. The van der Waals surface area contributed by atoms with Gasteiger partial charge in [0.25, 0.3) is 0 Å². The number of likely N-dealkylation sites (tertiary alicyclic amines) is 1. The van der Waals surface area contributed by atoms with Crippen LogP contribution in [0.3, 0.4) is 0 Å². The van der Waals surface area contributed by atoms with Gasteiger partial charge in [-0.3, -0.25) is 24.7 Å². The number of carbonyl (C=O) groups excluding carboxylic acids is 2. The Morgan fingerprint density at radius 3 is 2.77 bits per heavy atom. The molecule has 0 aromatic rings. The topological polar surface area (TPSA) is 99.9 Å². The van der Waals surface area contributed by atoms with Crippen molar-refractivity contribution >= 4 is 11.8 Å². The van der Waals surface area contributed by atoms with Crippen molar-refractivity contribution < 1.29 is 14.3 Å². The van der Waals surface area contributed by atoms with Gasteiger partial charge in [-0.15, -0.1) is 0 Å². The van der Waals surface area contributed by atoms with Crippen molar-refractivity contribution in [2.75, 3.05) is 26.4 Å². The normalized spacial score (nSPS) is 35.1. The maximum Gasteiger partial charge on any atom is 0.243 e. The van der Waals surface area contributed by atoms with Gasteiger partial charge in [-0.05, 0) is 12.8 Å². The standard InChI is InChI=1S/C14H23N5O3/c1-9-6-19(11-2-3-12(20)17-13(11)21)8-22-14(16-9)18-5-4-10(15)7-18/h10-11,14,16H,1-8,15H2,(H,17,20,21). The van der Waals surface area contributed by atoms with E-state index >= 15 is 0 Å². The van der Waals surface area contributed by atoms with Crippen molar-refractivity contribution in [1.82, 2.24) is 20.4 Å². The van der Waals surface area contributed by atoms with Crippen molar-refractivity contribution in [3.8, 4) is 0 Å². The van der Waals surface area contributed by atoms with Crippen LogP contribution in [0.2, 0.25) is 0 Å². The van der Waals surface area contributed by atoms with E-state index in [2.05, 4.69) is 22.1 Å². The summed E-state index contributed by atoms with van der Waals surface area (Å²) in [6, 6.07) is -0.177. The van der Waals surface area contributed by atoms with E-state index in [9.17, 15) is 9.59 Å². The average molecular weight is 309 g/mol. The lowest BCUT2D eigenvalue weighted by Gasteiger charge is -2.31. The highest BCUT2D eigenvalue weighted by Gasteiger charge is 2.35. The fourth-order valence-corrected chi connectivity index (χ4v) is 3.17. The van der Waals surface area contributed by atoms with Crippen LogP contribution in [0.15, 0.2) is 12.3 Å². The number of ether oxygens (including phenoxy) is 1. The van der Waals surface area contributed by atoms with E-state index in [0.29, 0.717) is 26.1 Å². The maximum atomic E-state index is 12.0. The second-order valence-corrected chi connectivity index (χ2v) is 6.15. The zero-order valence-electron chi connectivity index (χ0n) is 12.6. The van der Waals surface area contributed by atoms with Gasteiger partial charge in [0.2, 0.25) is 11.8 Å². The second-order valence-electron chi connectivity index (χ2n) is 6.15. The monoisotopic (exact) mass is 309 g/mol. The van der Waals surface area contributed by atoms with Crippen LogP contribution in [-0.4, -0.2) is 66.4 Å². The molecule has 0 bridgehead atoms. The number of hydrogen-bond donors (Lipinski definition) is 3. The maximum absolute atomic E-state index is 12.0. The summed E-state index contributed by atoms with van der Waals surface area (Å²) in [5, 5.41) is 5.63. The number of nitrogens with one attached hydrogen (secondary N) is 2. The molecule has 0 aromatic heterocycles. The lowest BCUT2D eigenvalue weighted by molar-refractivity contribution is -0.142. The number of rotatable bonds is 2. The molecule has 3 rings (SSSR count). The van der Waals surface area contributed by atoms with Gasteiger partial charge >= 0.3 is 0 Å². The van der Waals surface area contributed by atoms with Crippen LogP contribution >= 0.6 is 0 Å². The molecule has 3 atom stereocenters. The number of imide groups is 1. The third kappa shape index (κ3) is 3.30. The fourth-order valence-electron chi connectivity index (χ4n) is 3.17. The summed E-state index contributed by atoms with van der Waals surface area (Å²) >= 11 is 0. The molecule has 3 unspecified atom stereocenters. The summed E-state index contributed by atoms with van der Waals surface area (Å²) in [5.41, 5.74) is 6.74. The number of nitrogens with two attached hydrogens (primary N) is 1. The highest BCUT2D eigenvalue weighted by Crippen LogP contribution is 2.18. The molecule has 2 amide bonds. The number of hydrogen-bond acceptors (Lipinski definition) is 7. The van der Waals surface area contributed by atoms with E-state index < -0.39 is 0 Å². The molecular formula is C14H23N5O3. The molecule has 0 aromatic carbocycles. The Balaban J connectivity index is 1.63. The molecule has 8 heteroatoms. The van der Waals surface area contributed by atoms with Crippen molar-refractivity contribution in [2.24, 2.45) is 5.73 Å². The molecule has 8 nitrogen and oxygen atoms in total. The first-order valence-corrected chi connectivity index (χ1v) is 7.66. The van der Waals surface area contributed by atoms with Crippen molar-refractivity contribution in [3.05, 3.63) is 12.3 Å². The molecule has 3 aliphatic rings. The Labute approximate surface area is 129 Å². The third-order valence-corrected chi connectivity index (χ3v) is 4.36. The summed E-state index contributed by atoms with van der Waals surface area (Å²) in [6.07, 6.45) is 1.56. The molecule has 3 aliphatic heterocycles. The Morgan fingerprint density at radius 1 is 1.27 bits per heavy atom. The number of piperidine rings is 1. The molecule has 3 fully saturated rings. The SMILES string of the molecule is C=C1CN(C2CCC(=O)NC2=O)COC(N2CCC(N)C2)N1. The highest BCUT2D eigenvalue weighted by molar-refractivity contribution is 6.00. The van der Waals surface area contributed by atoms with Gasteiger partial charge in [0.05, 0.1) is 6.04 Å². The number of nitrogens with zero attached hydrogens (tertiary/aromatic N) is 2. The molecule has 3 heterocycles. The summed E-state index contributed by atoms with van der Waals surface area (Å²) in [7, 11) is 0. The Bertz CT molecular complexity index is 483. The molecule has 4 N–H and O–H groups in total. The van der Waals surface area contributed by atoms with Gasteiger partial charge < -0.3 is 15.8 Å². The first-order chi connectivity index (χ1) is 10.5. The highest BCUT2D eigenvalue weighted by atomic mass is 16.5. The van der Waals surface area contributed by atoms with E-state index in [1.54, 1.807) is 0 Å². The lowest BCUT2D eigenvalue weighted by Crippen LogP contribution is -2.53. The average Bonchev–Trinajstić information content (AvgIpc) is 2.79. The van der Waals surface area contributed by atoms with E-state index in [1.807, 2.05) is 4.90 Å². The number of amides is 2. The molecule has 3 saturated heterocycles. The molecule has 0 radical (unpaired) electrons.